The van der Waals surface area contributed by atoms with Gasteiger partial charge in [-0.15, -0.1) is 0 Å². The predicted molar refractivity (Wildman–Crippen MR) is 133 cm³/mol. The molecular weight excluding hydrogens is 473 g/mol. The number of anilines is 1. The number of likely N-dealkylation sites (N-methyl/N-ethyl adjacent to an activating group) is 1. The molecule has 1 amide bonds. The number of hydrogen-bond acceptors (Lipinski definition) is 6. The van der Waals surface area contributed by atoms with E-state index in [-0.39, 0.29) is 36.3 Å². The number of benzene rings is 2. The highest BCUT2D eigenvalue weighted by Gasteiger charge is 2.33. The number of amides is 1. The molecule has 1 N–H and O–H groups in total. The predicted octanol–water partition coefficient (Wildman–Crippen LogP) is 2.36. The molecular formula is C25H34FN3O5S. The fourth-order valence-electron chi connectivity index (χ4n) is 4.05. The Labute approximate surface area is 207 Å². The summed E-state index contributed by atoms with van der Waals surface area (Å²) in [7, 11) is 1.37. The minimum absolute atomic E-state index is 0.0150. The highest BCUT2D eigenvalue weighted by atomic mass is 32.2. The van der Waals surface area contributed by atoms with Gasteiger partial charge in [-0.3, -0.25) is 4.79 Å². The summed E-state index contributed by atoms with van der Waals surface area (Å²) < 4.78 is 47.1. The van der Waals surface area contributed by atoms with Gasteiger partial charge in [-0.25, -0.2) is 12.8 Å². The van der Waals surface area contributed by atoms with Crippen molar-refractivity contribution >= 4 is 21.6 Å². The first-order valence-electron chi connectivity index (χ1n) is 11.5. The van der Waals surface area contributed by atoms with E-state index in [2.05, 4.69) is 0 Å². The Morgan fingerprint density at radius 3 is 2.43 bits per heavy atom. The largest absolute Gasteiger partial charge is 0.488 e. The minimum atomic E-state index is -3.89. The third kappa shape index (κ3) is 6.12. The number of aliphatic hydroxyl groups excluding tert-OH is 1. The highest BCUT2D eigenvalue weighted by molar-refractivity contribution is 7.89. The van der Waals surface area contributed by atoms with Crippen LogP contribution in [0.3, 0.4) is 0 Å². The maximum Gasteiger partial charge on any atom is 0.242 e. The average molecular weight is 508 g/mol. The molecule has 0 unspecified atom stereocenters. The van der Waals surface area contributed by atoms with Gasteiger partial charge in [-0.2, -0.15) is 4.31 Å². The van der Waals surface area contributed by atoms with Crippen LogP contribution in [0, 0.1) is 11.7 Å². The van der Waals surface area contributed by atoms with Gasteiger partial charge in [0.2, 0.25) is 15.9 Å². The molecule has 35 heavy (non-hydrogen) atoms. The Kier molecular flexibility index (Phi) is 8.40. The van der Waals surface area contributed by atoms with Crippen LogP contribution in [0.4, 0.5) is 10.1 Å². The van der Waals surface area contributed by atoms with Gasteiger partial charge in [-0.1, -0.05) is 6.92 Å². The SMILES string of the molecule is C[C@H]1CN([C@@H](C)CO)C(=O)Cc2cc(N(C)C)ccc2O[C@H]1CN(C)S(=O)(=O)c1ccc(F)cc1. The summed E-state index contributed by atoms with van der Waals surface area (Å²) in [5, 5.41) is 9.75. The molecule has 1 aliphatic heterocycles. The first-order chi connectivity index (χ1) is 16.4. The second-order valence-corrected chi connectivity index (χ2v) is 11.4. The van der Waals surface area contributed by atoms with E-state index in [1.165, 1.54) is 23.5 Å². The number of fused-ring (bicyclic) bond motifs is 1. The monoisotopic (exact) mass is 507 g/mol. The van der Waals surface area contributed by atoms with Crippen molar-refractivity contribution in [2.45, 2.75) is 37.3 Å². The first-order valence-corrected chi connectivity index (χ1v) is 13.0. The molecule has 8 nitrogen and oxygen atoms in total. The van der Waals surface area contributed by atoms with Crippen LogP contribution >= 0.6 is 0 Å². The van der Waals surface area contributed by atoms with Crippen molar-refractivity contribution in [1.82, 2.24) is 9.21 Å². The zero-order valence-electron chi connectivity index (χ0n) is 20.8. The molecule has 2 aromatic carbocycles. The lowest BCUT2D eigenvalue weighted by atomic mass is 10.0. The first kappa shape index (κ1) is 26.9. The number of carbonyl (C=O) groups is 1. The van der Waals surface area contributed by atoms with E-state index >= 15 is 0 Å². The average Bonchev–Trinajstić information content (AvgIpc) is 2.86. The number of aliphatic hydroxyl groups is 1. The van der Waals surface area contributed by atoms with Gasteiger partial charge in [0.25, 0.3) is 0 Å². The molecule has 3 rings (SSSR count). The lowest BCUT2D eigenvalue weighted by Gasteiger charge is -2.33. The third-order valence-electron chi connectivity index (χ3n) is 6.38. The van der Waals surface area contributed by atoms with Crippen molar-refractivity contribution in [3.05, 3.63) is 53.8 Å². The van der Waals surface area contributed by atoms with E-state index in [0.717, 1.165) is 17.8 Å². The number of carbonyl (C=O) groups excluding carboxylic acids is 1. The summed E-state index contributed by atoms with van der Waals surface area (Å²) in [5.74, 6) is -0.381. The van der Waals surface area contributed by atoms with E-state index < -0.39 is 28.0 Å². The molecule has 0 aliphatic carbocycles. The molecule has 0 radical (unpaired) electrons. The van der Waals surface area contributed by atoms with E-state index in [9.17, 15) is 22.7 Å². The van der Waals surface area contributed by atoms with Crippen LogP contribution in [0.25, 0.3) is 0 Å². The van der Waals surface area contributed by atoms with Crippen LogP contribution in [0.1, 0.15) is 19.4 Å². The third-order valence-corrected chi connectivity index (χ3v) is 8.21. The molecule has 0 saturated carbocycles. The van der Waals surface area contributed by atoms with Crippen LogP contribution in [0.5, 0.6) is 5.75 Å². The van der Waals surface area contributed by atoms with Gasteiger partial charge >= 0.3 is 0 Å². The molecule has 192 valence electrons. The standard InChI is InChI=1S/C25H34FN3O5S/c1-17-14-29(18(2)16-30)25(31)13-19-12-21(27(3)4)8-11-23(19)34-24(17)15-28(5)35(32,33)22-9-6-20(26)7-10-22/h6-12,17-18,24,30H,13-16H2,1-5H3/t17-,18-,24-/m0/s1. The summed E-state index contributed by atoms with van der Waals surface area (Å²) in [6, 6.07) is 9.86. The van der Waals surface area contributed by atoms with Crippen LogP contribution in [-0.4, -0.2) is 81.6 Å². The Balaban J connectivity index is 1.97. The molecule has 1 heterocycles. The number of ether oxygens (including phenoxy) is 1. The summed E-state index contributed by atoms with van der Waals surface area (Å²) in [5.41, 5.74) is 1.60. The van der Waals surface area contributed by atoms with Crippen molar-refractivity contribution in [1.29, 1.82) is 0 Å². The van der Waals surface area contributed by atoms with Crippen molar-refractivity contribution in [3.8, 4) is 5.75 Å². The molecule has 0 aromatic heterocycles. The topological polar surface area (TPSA) is 90.4 Å². The van der Waals surface area contributed by atoms with Gasteiger partial charge in [-0.05, 0) is 49.4 Å². The van der Waals surface area contributed by atoms with Crippen LogP contribution in [0.15, 0.2) is 47.4 Å². The number of halogens is 1. The molecule has 0 saturated heterocycles. The summed E-state index contributed by atoms with van der Waals surface area (Å²) in [6.07, 6.45) is -0.483. The Bertz CT molecular complexity index is 1140. The van der Waals surface area contributed by atoms with Crippen molar-refractivity contribution in [2.24, 2.45) is 5.92 Å². The number of sulfonamides is 1. The Hall–Kier alpha value is -2.69. The summed E-state index contributed by atoms with van der Waals surface area (Å²) >= 11 is 0. The van der Waals surface area contributed by atoms with Gasteiger partial charge in [0, 0.05) is 44.9 Å². The fourth-order valence-corrected chi connectivity index (χ4v) is 5.23. The number of hydrogen-bond donors (Lipinski definition) is 1. The number of rotatable bonds is 7. The summed E-state index contributed by atoms with van der Waals surface area (Å²) in [4.78, 5) is 16.8. The highest BCUT2D eigenvalue weighted by Crippen LogP contribution is 2.30. The van der Waals surface area contributed by atoms with Crippen LogP contribution in [0.2, 0.25) is 0 Å². The van der Waals surface area contributed by atoms with Gasteiger partial charge in [0.1, 0.15) is 17.7 Å². The lowest BCUT2D eigenvalue weighted by Crippen LogP contribution is -2.48. The second kappa shape index (κ2) is 10.9. The number of nitrogens with zero attached hydrogens (tertiary/aromatic N) is 3. The molecule has 2 aromatic rings. The van der Waals surface area contributed by atoms with E-state index in [1.54, 1.807) is 17.9 Å². The zero-order chi connectivity index (χ0) is 25.9. The van der Waals surface area contributed by atoms with Gasteiger partial charge in [0.15, 0.2) is 0 Å². The smallest absolute Gasteiger partial charge is 0.242 e. The van der Waals surface area contributed by atoms with Gasteiger partial charge in [0.05, 0.1) is 30.5 Å². The maximum absolute atomic E-state index is 13.3. The fraction of sp³-hybridized carbons (Fsp3) is 0.480. The molecule has 0 bridgehead atoms. The van der Waals surface area contributed by atoms with E-state index in [0.29, 0.717) is 17.9 Å². The molecule has 3 atom stereocenters. The Morgan fingerprint density at radius 2 is 1.83 bits per heavy atom. The van der Waals surface area contributed by atoms with Crippen molar-refractivity contribution in [2.75, 3.05) is 45.7 Å². The molecule has 0 spiro atoms. The quantitative estimate of drug-likeness (QED) is 0.619. The van der Waals surface area contributed by atoms with Crippen LogP contribution < -0.4 is 9.64 Å². The molecule has 10 heteroatoms. The van der Waals surface area contributed by atoms with Crippen molar-refractivity contribution < 1.29 is 27.4 Å². The molecule has 0 fully saturated rings. The minimum Gasteiger partial charge on any atom is -0.488 e. The Morgan fingerprint density at radius 1 is 1.17 bits per heavy atom. The summed E-state index contributed by atoms with van der Waals surface area (Å²) in [6.45, 7) is 3.80. The zero-order valence-corrected chi connectivity index (χ0v) is 21.6. The molecule has 1 aliphatic rings. The van der Waals surface area contributed by atoms with Crippen molar-refractivity contribution in [3.63, 3.8) is 0 Å². The van der Waals surface area contributed by atoms with Gasteiger partial charge < -0.3 is 19.6 Å². The van der Waals surface area contributed by atoms with E-state index in [4.69, 9.17) is 4.74 Å². The normalized spacial score (nSPS) is 19.9. The van der Waals surface area contributed by atoms with Crippen LogP contribution in [-0.2, 0) is 21.2 Å². The lowest BCUT2D eigenvalue weighted by molar-refractivity contribution is -0.134. The van der Waals surface area contributed by atoms with E-state index in [1.807, 2.05) is 38.1 Å². The maximum atomic E-state index is 13.3. The second-order valence-electron chi connectivity index (χ2n) is 9.31.